The number of hydrogen-bond donors (Lipinski definition) is 0. The van der Waals surface area contributed by atoms with E-state index in [9.17, 15) is 14.4 Å². The van der Waals surface area contributed by atoms with E-state index < -0.39 is 0 Å². The highest BCUT2D eigenvalue weighted by Gasteiger charge is 2.58. The largest absolute Gasteiger partial charge is 0.491 e. The Morgan fingerprint density at radius 2 is 1.90 bits per heavy atom. The normalized spacial score (nSPS) is 23.8. The lowest BCUT2D eigenvalue weighted by Crippen LogP contribution is -2.36. The topological polar surface area (TPSA) is 63.7 Å². The number of imide groups is 1. The second-order valence-electron chi connectivity index (χ2n) is 5.18. The summed E-state index contributed by atoms with van der Waals surface area (Å²) in [6, 6.07) is 6.95. The standard InChI is InChI=1S/C15H15NO4/c1-9(17)10-4-2-3-5-13(10)20-7-6-16-14(18)11-8-12(11)15(16)19/h2-5,11-12H,6-8H2,1H3. The van der Waals surface area contributed by atoms with Gasteiger partial charge in [0.15, 0.2) is 5.78 Å². The number of fused-ring (bicyclic) bond motifs is 1. The molecule has 0 aromatic heterocycles. The van der Waals surface area contributed by atoms with Gasteiger partial charge in [-0.25, -0.2) is 0 Å². The van der Waals surface area contributed by atoms with Crippen LogP contribution < -0.4 is 4.74 Å². The summed E-state index contributed by atoms with van der Waals surface area (Å²) in [5.41, 5.74) is 0.509. The van der Waals surface area contributed by atoms with E-state index in [-0.39, 0.29) is 42.6 Å². The first-order valence-corrected chi connectivity index (χ1v) is 6.67. The van der Waals surface area contributed by atoms with Crippen LogP contribution in [0.25, 0.3) is 0 Å². The molecule has 0 spiro atoms. The Labute approximate surface area is 116 Å². The molecule has 1 aromatic rings. The highest BCUT2D eigenvalue weighted by Crippen LogP contribution is 2.46. The summed E-state index contributed by atoms with van der Waals surface area (Å²) in [6.07, 6.45) is 0.711. The Hall–Kier alpha value is -2.17. The van der Waals surface area contributed by atoms with Crippen LogP contribution >= 0.6 is 0 Å². The van der Waals surface area contributed by atoms with Gasteiger partial charge in [-0.15, -0.1) is 0 Å². The molecule has 5 heteroatoms. The van der Waals surface area contributed by atoms with E-state index in [0.29, 0.717) is 17.7 Å². The molecule has 2 unspecified atom stereocenters. The average molecular weight is 273 g/mol. The summed E-state index contributed by atoms with van der Waals surface area (Å²) >= 11 is 0. The van der Waals surface area contributed by atoms with Gasteiger partial charge in [0.2, 0.25) is 11.8 Å². The van der Waals surface area contributed by atoms with Crippen molar-refractivity contribution in [2.45, 2.75) is 13.3 Å². The number of amides is 2. The Morgan fingerprint density at radius 3 is 2.55 bits per heavy atom. The molecule has 1 aliphatic heterocycles. The molecule has 1 saturated carbocycles. The van der Waals surface area contributed by atoms with Crippen molar-refractivity contribution in [2.75, 3.05) is 13.2 Å². The molecule has 5 nitrogen and oxygen atoms in total. The van der Waals surface area contributed by atoms with E-state index in [1.165, 1.54) is 11.8 Å². The lowest BCUT2D eigenvalue weighted by atomic mass is 10.1. The van der Waals surface area contributed by atoms with Gasteiger partial charge in [0.1, 0.15) is 12.4 Å². The van der Waals surface area contributed by atoms with Crippen LogP contribution in [0.4, 0.5) is 0 Å². The Bertz CT molecular complexity index is 575. The number of para-hydroxylation sites is 1. The van der Waals surface area contributed by atoms with Gasteiger partial charge in [-0.05, 0) is 25.5 Å². The number of carbonyl (C=O) groups is 3. The smallest absolute Gasteiger partial charge is 0.233 e. The van der Waals surface area contributed by atoms with Gasteiger partial charge in [-0.3, -0.25) is 19.3 Å². The third-order valence-corrected chi connectivity index (χ3v) is 3.80. The number of piperidine rings is 1. The fourth-order valence-electron chi connectivity index (χ4n) is 2.60. The third kappa shape index (κ3) is 2.09. The van der Waals surface area contributed by atoms with Crippen LogP contribution in [0.1, 0.15) is 23.7 Å². The van der Waals surface area contributed by atoms with Crippen molar-refractivity contribution < 1.29 is 19.1 Å². The summed E-state index contributed by atoms with van der Waals surface area (Å²) in [7, 11) is 0. The van der Waals surface area contributed by atoms with Crippen molar-refractivity contribution in [2.24, 2.45) is 11.8 Å². The van der Waals surface area contributed by atoms with E-state index in [1.807, 2.05) is 0 Å². The molecule has 1 aliphatic carbocycles. The van der Waals surface area contributed by atoms with Gasteiger partial charge in [-0.2, -0.15) is 0 Å². The zero-order valence-corrected chi connectivity index (χ0v) is 11.2. The first-order chi connectivity index (χ1) is 9.59. The Kier molecular flexibility index (Phi) is 3.04. The summed E-state index contributed by atoms with van der Waals surface area (Å²) < 4.78 is 5.54. The second kappa shape index (κ2) is 4.74. The molecule has 0 bridgehead atoms. The van der Waals surface area contributed by atoms with Crippen molar-refractivity contribution >= 4 is 17.6 Å². The summed E-state index contributed by atoms with van der Waals surface area (Å²) in [6.45, 7) is 1.93. The van der Waals surface area contributed by atoms with E-state index in [0.717, 1.165) is 0 Å². The first-order valence-electron chi connectivity index (χ1n) is 6.67. The quantitative estimate of drug-likeness (QED) is 0.598. The zero-order chi connectivity index (χ0) is 14.3. The number of Topliss-reactive ketones (excluding diaryl/α,β-unsaturated/α-hetero) is 1. The fourth-order valence-corrected chi connectivity index (χ4v) is 2.60. The second-order valence-corrected chi connectivity index (χ2v) is 5.18. The average Bonchev–Trinajstić information content (AvgIpc) is 3.18. The molecule has 104 valence electrons. The van der Waals surface area contributed by atoms with Crippen LogP contribution in [0.2, 0.25) is 0 Å². The molecular formula is C15H15NO4. The van der Waals surface area contributed by atoms with Crippen LogP contribution in [0.5, 0.6) is 5.75 Å². The zero-order valence-electron chi connectivity index (χ0n) is 11.2. The van der Waals surface area contributed by atoms with Crippen molar-refractivity contribution in [3.8, 4) is 5.75 Å². The lowest BCUT2D eigenvalue weighted by molar-refractivity contribution is -0.141. The van der Waals surface area contributed by atoms with E-state index >= 15 is 0 Å². The molecule has 3 rings (SSSR count). The van der Waals surface area contributed by atoms with Crippen molar-refractivity contribution in [1.29, 1.82) is 0 Å². The Balaban J connectivity index is 1.60. The van der Waals surface area contributed by atoms with Gasteiger partial charge in [-0.1, -0.05) is 12.1 Å². The van der Waals surface area contributed by atoms with Gasteiger partial charge in [0, 0.05) is 0 Å². The predicted octanol–water partition coefficient (Wildman–Crippen LogP) is 1.27. The Morgan fingerprint density at radius 1 is 1.25 bits per heavy atom. The van der Waals surface area contributed by atoms with Gasteiger partial charge < -0.3 is 4.74 Å². The lowest BCUT2D eigenvalue weighted by Gasteiger charge is -2.17. The number of ketones is 1. The minimum atomic E-state index is -0.0801. The number of ether oxygens (including phenoxy) is 1. The van der Waals surface area contributed by atoms with E-state index in [2.05, 4.69) is 0 Å². The maximum Gasteiger partial charge on any atom is 0.233 e. The fraction of sp³-hybridized carbons (Fsp3) is 0.400. The maximum absolute atomic E-state index is 11.8. The van der Waals surface area contributed by atoms with Gasteiger partial charge in [0.05, 0.1) is 23.9 Å². The van der Waals surface area contributed by atoms with Crippen LogP contribution in [0, 0.1) is 11.8 Å². The van der Waals surface area contributed by atoms with E-state index in [4.69, 9.17) is 4.74 Å². The predicted molar refractivity (Wildman–Crippen MR) is 70.3 cm³/mol. The first kappa shape index (κ1) is 12.8. The molecule has 2 aliphatic rings. The number of benzene rings is 1. The number of rotatable bonds is 5. The molecule has 20 heavy (non-hydrogen) atoms. The highest BCUT2D eigenvalue weighted by atomic mass is 16.5. The van der Waals surface area contributed by atoms with Crippen LogP contribution in [0.15, 0.2) is 24.3 Å². The summed E-state index contributed by atoms with van der Waals surface area (Å²) in [5.74, 6) is 0.102. The van der Waals surface area contributed by atoms with Crippen molar-refractivity contribution in [3.05, 3.63) is 29.8 Å². The molecule has 2 fully saturated rings. The van der Waals surface area contributed by atoms with Gasteiger partial charge >= 0.3 is 0 Å². The van der Waals surface area contributed by atoms with Gasteiger partial charge in [0.25, 0.3) is 0 Å². The molecule has 1 saturated heterocycles. The minimum absolute atomic E-state index is 0.0739. The number of nitrogens with zero attached hydrogens (tertiary/aromatic N) is 1. The van der Waals surface area contributed by atoms with Crippen LogP contribution in [-0.2, 0) is 9.59 Å². The van der Waals surface area contributed by atoms with Crippen LogP contribution in [0.3, 0.4) is 0 Å². The maximum atomic E-state index is 11.8. The summed E-state index contributed by atoms with van der Waals surface area (Å²) in [5, 5.41) is 0. The number of likely N-dealkylation sites (tertiary alicyclic amines) is 1. The number of hydrogen-bond acceptors (Lipinski definition) is 4. The monoisotopic (exact) mass is 273 g/mol. The minimum Gasteiger partial charge on any atom is -0.491 e. The molecular weight excluding hydrogens is 258 g/mol. The third-order valence-electron chi connectivity index (χ3n) is 3.80. The molecule has 2 amide bonds. The molecule has 0 N–H and O–H groups in total. The van der Waals surface area contributed by atoms with E-state index in [1.54, 1.807) is 24.3 Å². The molecule has 2 atom stereocenters. The SMILES string of the molecule is CC(=O)c1ccccc1OCCN1C(=O)C2CC2C1=O. The van der Waals surface area contributed by atoms with Crippen molar-refractivity contribution in [1.82, 2.24) is 4.90 Å². The highest BCUT2D eigenvalue weighted by molar-refractivity contribution is 6.08. The molecule has 1 heterocycles. The summed E-state index contributed by atoms with van der Waals surface area (Å²) in [4.78, 5) is 36.3. The van der Waals surface area contributed by atoms with Crippen LogP contribution in [-0.4, -0.2) is 35.6 Å². The van der Waals surface area contributed by atoms with Crippen molar-refractivity contribution in [3.63, 3.8) is 0 Å². The molecule has 1 aromatic carbocycles. The molecule has 0 radical (unpaired) electrons. The number of carbonyl (C=O) groups excluding carboxylic acids is 3.